The molecule has 1 aliphatic rings. The highest BCUT2D eigenvalue weighted by molar-refractivity contribution is 6.23. The van der Waals surface area contributed by atoms with Crippen molar-refractivity contribution in [2.45, 2.75) is 13.0 Å². The largest absolute Gasteiger partial charge is 0.496 e. The van der Waals surface area contributed by atoms with Crippen molar-refractivity contribution in [1.82, 2.24) is 9.88 Å². The second kappa shape index (κ2) is 7.44. The Kier molecular flexibility index (Phi) is 4.79. The van der Waals surface area contributed by atoms with E-state index in [2.05, 4.69) is 4.98 Å². The molecule has 1 N–H and O–H groups in total. The van der Waals surface area contributed by atoms with Crippen molar-refractivity contribution in [2.75, 3.05) is 7.11 Å². The summed E-state index contributed by atoms with van der Waals surface area (Å²) in [5.41, 5.74) is 3.73. The van der Waals surface area contributed by atoms with Crippen molar-refractivity contribution >= 4 is 17.8 Å². The van der Waals surface area contributed by atoms with Crippen LogP contribution < -0.4 is 4.74 Å². The molecule has 0 fully saturated rings. The van der Waals surface area contributed by atoms with Crippen LogP contribution in [0.1, 0.15) is 27.6 Å². The molecule has 0 bridgehead atoms. The number of hydrogen-bond acceptors (Lipinski definition) is 5. The lowest BCUT2D eigenvalue weighted by Crippen LogP contribution is -2.42. The summed E-state index contributed by atoms with van der Waals surface area (Å²) in [5.74, 6) is -1.85. The highest BCUT2D eigenvalue weighted by Crippen LogP contribution is 2.36. The van der Waals surface area contributed by atoms with E-state index in [1.807, 2.05) is 30.3 Å². The van der Waals surface area contributed by atoms with E-state index in [0.717, 1.165) is 21.6 Å². The zero-order valence-electron chi connectivity index (χ0n) is 16.3. The summed E-state index contributed by atoms with van der Waals surface area (Å²) in [6.45, 7) is 1.31. The van der Waals surface area contributed by atoms with Crippen molar-refractivity contribution in [3.63, 3.8) is 0 Å². The van der Waals surface area contributed by atoms with Crippen molar-refractivity contribution in [3.05, 3.63) is 72.1 Å². The number of pyridine rings is 1. The van der Waals surface area contributed by atoms with Crippen molar-refractivity contribution in [1.29, 1.82) is 0 Å². The number of carboxylic acids is 1. The Bertz CT molecular complexity index is 1170. The first-order chi connectivity index (χ1) is 14.4. The highest BCUT2D eigenvalue weighted by Gasteiger charge is 2.41. The molecule has 0 saturated heterocycles. The van der Waals surface area contributed by atoms with E-state index in [9.17, 15) is 19.5 Å². The zero-order valence-corrected chi connectivity index (χ0v) is 16.3. The molecule has 2 amide bonds. The maximum Gasteiger partial charge on any atom is 0.326 e. The van der Waals surface area contributed by atoms with Gasteiger partial charge in [-0.2, -0.15) is 0 Å². The van der Waals surface area contributed by atoms with E-state index in [1.54, 1.807) is 37.7 Å². The molecule has 0 aliphatic carbocycles. The number of fused-ring (bicyclic) bond motifs is 1. The predicted octanol–water partition coefficient (Wildman–Crippen LogP) is 3.49. The van der Waals surface area contributed by atoms with Gasteiger partial charge >= 0.3 is 5.97 Å². The van der Waals surface area contributed by atoms with Crippen LogP contribution in [0.3, 0.4) is 0 Å². The lowest BCUT2D eigenvalue weighted by atomic mass is 9.96. The Balaban J connectivity index is 1.80. The van der Waals surface area contributed by atoms with Crippen LogP contribution in [0.5, 0.6) is 5.75 Å². The standard InChI is InChI=1S/C23H18N2O5/c1-13(23(28)29)25-21(26)17-5-3-16(12-19(17)22(25)27)18-11-15(4-6-20(18)30-2)14-7-9-24-10-8-14/h3-13H,1-2H3,(H,28,29). The van der Waals surface area contributed by atoms with Crippen LogP contribution in [0.4, 0.5) is 0 Å². The molecule has 150 valence electrons. The first-order valence-corrected chi connectivity index (χ1v) is 9.26. The van der Waals surface area contributed by atoms with Gasteiger partial charge in [0.1, 0.15) is 11.8 Å². The number of aromatic nitrogens is 1. The molecular weight excluding hydrogens is 384 g/mol. The summed E-state index contributed by atoms with van der Waals surface area (Å²) in [6, 6.07) is 13.1. The Morgan fingerprint density at radius 3 is 2.20 bits per heavy atom. The van der Waals surface area contributed by atoms with Crippen LogP contribution in [0.2, 0.25) is 0 Å². The van der Waals surface area contributed by atoms with Gasteiger partial charge in [-0.05, 0) is 60.0 Å². The quantitative estimate of drug-likeness (QED) is 0.656. The van der Waals surface area contributed by atoms with E-state index in [0.29, 0.717) is 11.3 Å². The fourth-order valence-electron chi connectivity index (χ4n) is 3.55. The average molecular weight is 402 g/mol. The van der Waals surface area contributed by atoms with Crippen LogP contribution in [0.25, 0.3) is 22.3 Å². The molecule has 0 saturated carbocycles. The Hall–Kier alpha value is -4.00. The number of imide groups is 1. The second-order valence-electron chi connectivity index (χ2n) is 6.91. The number of nitrogens with zero attached hydrogens (tertiary/aromatic N) is 2. The number of carbonyl (C=O) groups excluding carboxylic acids is 2. The molecule has 2 aromatic carbocycles. The molecule has 0 spiro atoms. The first kappa shape index (κ1) is 19.3. The number of aliphatic carboxylic acids is 1. The maximum absolute atomic E-state index is 12.8. The van der Waals surface area contributed by atoms with Crippen LogP contribution in [-0.4, -0.2) is 45.9 Å². The van der Waals surface area contributed by atoms with Crippen LogP contribution in [-0.2, 0) is 4.79 Å². The van der Waals surface area contributed by atoms with E-state index in [4.69, 9.17) is 4.74 Å². The molecule has 3 aromatic rings. The smallest absolute Gasteiger partial charge is 0.326 e. The molecular formula is C23H18N2O5. The number of ether oxygens (including phenoxy) is 1. The molecule has 0 radical (unpaired) electrons. The van der Waals surface area contributed by atoms with Gasteiger partial charge in [-0.25, -0.2) is 4.79 Å². The van der Waals surface area contributed by atoms with Gasteiger partial charge in [-0.15, -0.1) is 0 Å². The molecule has 1 unspecified atom stereocenters. The number of rotatable bonds is 5. The highest BCUT2D eigenvalue weighted by atomic mass is 16.5. The summed E-state index contributed by atoms with van der Waals surface area (Å²) < 4.78 is 5.50. The minimum Gasteiger partial charge on any atom is -0.496 e. The number of hydrogen-bond donors (Lipinski definition) is 1. The minimum atomic E-state index is -1.24. The summed E-state index contributed by atoms with van der Waals surface area (Å²) in [5, 5.41) is 9.23. The molecule has 2 heterocycles. The molecule has 7 heteroatoms. The van der Waals surface area contributed by atoms with Gasteiger partial charge in [0, 0.05) is 18.0 Å². The summed E-state index contributed by atoms with van der Waals surface area (Å²) in [4.78, 5) is 41.5. The van der Waals surface area contributed by atoms with Crippen molar-refractivity contribution < 1.29 is 24.2 Å². The number of amides is 2. The Morgan fingerprint density at radius 2 is 1.53 bits per heavy atom. The average Bonchev–Trinajstić information content (AvgIpc) is 3.02. The first-order valence-electron chi connectivity index (χ1n) is 9.26. The number of methoxy groups -OCH3 is 1. The van der Waals surface area contributed by atoms with E-state index >= 15 is 0 Å². The third-order valence-corrected chi connectivity index (χ3v) is 5.19. The SMILES string of the molecule is COc1ccc(-c2ccncc2)cc1-c1ccc2c(c1)C(=O)N(C(C)C(=O)O)C2=O. The lowest BCUT2D eigenvalue weighted by molar-refractivity contribution is -0.140. The number of carboxylic acid groups (broad SMARTS) is 1. The maximum atomic E-state index is 12.8. The van der Waals surface area contributed by atoms with Gasteiger partial charge in [-0.1, -0.05) is 12.1 Å². The molecule has 7 nitrogen and oxygen atoms in total. The summed E-state index contributed by atoms with van der Waals surface area (Å²) >= 11 is 0. The van der Waals surface area contributed by atoms with E-state index in [1.165, 1.54) is 6.92 Å². The third kappa shape index (κ3) is 3.10. The van der Waals surface area contributed by atoms with Gasteiger partial charge in [-0.3, -0.25) is 19.5 Å². The summed E-state index contributed by atoms with van der Waals surface area (Å²) in [6.07, 6.45) is 3.41. The van der Waals surface area contributed by atoms with Crippen molar-refractivity contribution in [2.24, 2.45) is 0 Å². The van der Waals surface area contributed by atoms with Gasteiger partial charge in [0.2, 0.25) is 0 Å². The van der Waals surface area contributed by atoms with Crippen LogP contribution in [0.15, 0.2) is 60.9 Å². The van der Waals surface area contributed by atoms with Gasteiger partial charge < -0.3 is 9.84 Å². The fourth-order valence-corrected chi connectivity index (χ4v) is 3.55. The fraction of sp³-hybridized carbons (Fsp3) is 0.130. The minimum absolute atomic E-state index is 0.182. The zero-order chi connectivity index (χ0) is 21.4. The predicted molar refractivity (Wildman–Crippen MR) is 109 cm³/mol. The monoisotopic (exact) mass is 402 g/mol. The Labute approximate surface area is 172 Å². The topological polar surface area (TPSA) is 96.8 Å². The molecule has 1 aliphatic heterocycles. The molecule has 1 atom stereocenters. The van der Waals surface area contributed by atoms with Crippen LogP contribution in [0, 0.1) is 0 Å². The van der Waals surface area contributed by atoms with Gasteiger partial charge in [0.25, 0.3) is 11.8 Å². The van der Waals surface area contributed by atoms with E-state index in [-0.39, 0.29) is 11.1 Å². The normalized spacial score (nSPS) is 13.9. The van der Waals surface area contributed by atoms with E-state index < -0.39 is 23.8 Å². The third-order valence-electron chi connectivity index (χ3n) is 5.19. The lowest BCUT2D eigenvalue weighted by Gasteiger charge is -2.18. The van der Waals surface area contributed by atoms with Crippen LogP contribution >= 0.6 is 0 Å². The van der Waals surface area contributed by atoms with Gasteiger partial charge in [0.15, 0.2) is 0 Å². The van der Waals surface area contributed by atoms with Gasteiger partial charge in [0.05, 0.1) is 18.2 Å². The second-order valence-corrected chi connectivity index (χ2v) is 6.91. The molecule has 30 heavy (non-hydrogen) atoms. The molecule has 1 aromatic heterocycles. The number of carbonyl (C=O) groups is 3. The Morgan fingerprint density at radius 1 is 0.900 bits per heavy atom. The molecule has 4 rings (SSSR count). The van der Waals surface area contributed by atoms with Crippen molar-refractivity contribution in [3.8, 4) is 28.0 Å². The number of benzene rings is 2. The summed E-state index contributed by atoms with van der Waals surface area (Å²) in [7, 11) is 1.56.